The first-order valence-corrected chi connectivity index (χ1v) is 7.51. The zero-order valence-corrected chi connectivity index (χ0v) is 12.3. The summed E-state index contributed by atoms with van der Waals surface area (Å²) in [5.41, 5.74) is 4.16. The lowest BCUT2D eigenvalue weighted by Gasteiger charge is -2.17. The number of aromatic amines is 2. The standard InChI is InChI=1S/C16H17N5O/c1-9-2-3-13-12(6-9)14(21-20-13)16(22)19-11-7-10-4-5-17-15(10)18-8-11/h4-5,7-9H,2-3,6H2,1H3,(H,17,18)(H,19,22)(H,20,21). The van der Waals surface area contributed by atoms with E-state index in [0.29, 0.717) is 17.3 Å². The van der Waals surface area contributed by atoms with Crippen molar-refractivity contribution in [2.45, 2.75) is 26.2 Å². The second-order valence-corrected chi connectivity index (χ2v) is 5.97. The minimum absolute atomic E-state index is 0.178. The maximum absolute atomic E-state index is 12.5. The molecule has 0 aliphatic heterocycles. The molecule has 3 aromatic rings. The maximum Gasteiger partial charge on any atom is 0.276 e. The van der Waals surface area contributed by atoms with E-state index in [1.165, 1.54) is 0 Å². The molecule has 3 heterocycles. The average Bonchev–Trinajstić information content (AvgIpc) is 3.12. The van der Waals surface area contributed by atoms with E-state index in [1.54, 1.807) is 6.20 Å². The summed E-state index contributed by atoms with van der Waals surface area (Å²) < 4.78 is 0. The van der Waals surface area contributed by atoms with E-state index in [1.807, 2.05) is 18.3 Å². The van der Waals surface area contributed by atoms with Crippen LogP contribution in [0.3, 0.4) is 0 Å². The van der Waals surface area contributed by atoms with Gasteiger partial charge in [-0.05, 0) is 37.3 Å². The van der Waals surface area contributed by atoms with Crippen LogP contribution in [0.15, 0.2) is 24.5 Å². The summed E-state index contributed by atoms with van der Waals surface area (Å²) in [6, 6.07) is 3.83. The van der Waals surface area contributed by atoms with Crippen molar-refractivity contribution in [1.29, 1.82) is 0 Å². The topological polar surface area (TPSA) is 86.5 Å². The second-order valence-electron chi connectivity index (χ2n) is 5.97. The number of anilines is 1. The molecular formula is C16H17N5O. The van der Waals surface area contributed by atoms with Crippen LogP contribution >= 0.6 is 0 Å². The van der Waals surface area contributed by atoms with Crippen molar-refractivity contribution >= 4 is 22.6 Å². The molecule has 112 valence electrons. The minimum atomic E-state index is -0.178. The van der Waals surface area contributed by atoms with Gasteiger partial charge in [-0.25, -0.2) is 4.98 Å². The Bertz CT molecular complexity index is 847. The number of hydrogen-bond acceptors (Lipinski definition) is 3. The van der Waals surface area contributed by atoms with Crippen LogP contribution in [0, 0.1) is 5.92 Å². The summed E-state index contributed by atoms with van der Waals surface area (Å²) in [4.78, 5) is 19.8. The molecular weight excluding hydrogens is 278 g/mol. The molecule has 0 saturated heterocycles. The van der Waals surface area contributed by atoms with E-state index in [2.05, 4.69) is 32.4 Å². The van der Waals surface area contributed by atoms with E-state index >= 15 is 0 Å². The lowest BCUT2D eigenvalue weighted by Crippen LogP contribution is -2.18. The van der Waals surface area contributed by atoms with E-state index < -0.39 is 0 Å². The van der Waals surface area contributed by atoms with E-state index in [-0.39, 0.29) is 5.91 Å². The summed E-state index contributed by atoms with van der Waals surface area (Å²) in [6.45, 7) is 2.21. The molecule has 6 nitrogen and oxygen atoms in total. The fourth-order valence-electron chi connectivity index (χ4n) is 3.06. The first-order chi connectivity index (χ1) is 10.7. The third-order valence-corrected chi connectivity index (χ3v) is 4.27. The molecule has 1 aliphatic carbocycles. The van der Waals surface area contributed by atoms with Gasteiger partial charge in [0.2, 0.25) is 0 Å². The van der Waals surface area contributed by atoms with E-state index in [9.17, 15) is 4.79 Å². The summed E-state index contributed by atoms with van der Waals surface area (Å²) in [7, 11) is 0. The monoisotopic (exact) mass is 295 g/mol. The van der Waals surface area contributed by atoms with Gasteiger partial charge in [0, 0.05) is 22.8 Å². The molecule has 0 saturated carbocycles. The molecule has 0 spiro atoms. The quantitative estimate of drug-likeness (QED) is 0.679. The molecule has 0 fully saturated rings. The summed E-state index contributed by atoms with van der Waals surface area (Å²) in [6.07, 6.45) is 6.49. The summed E-state index contributed by atoms with van der Waals surface area (Å²) >= 11 is 0. The van der Waals surface area contributed by atoms with Crippen molar-refractivity contribution in [3.63, 3.8) is 0 Å². The molecule has 22 heavy (non-hydrogen) atoms. The normalized spacial score (nSPS) is 17.4. The van der Waals surface area contributed by atoms with Crippen LogP contribution in [-0.4, -0.2) is 26.1 Å². The SMILES string of the molecule is CC1CCc2[nH]nc(C(=O)Nc3cnc4[nH]ccc4c3)c2C1. The van der Waals surface area contributed by atoms with Gasteiger partial charge in [0.15, 0.2) is 5.69 Å². The van der Waals surface area contributed by atoms with Crippen LogP contribution in [-0.2, 0) is 12.8 Å². The summed E-state index contributed by atoms with van der Waals surface area (Å²) in [5, 5.41) is 11.1. The predicted molar refractivity (Wildman–Crippen MR) is 83.8 cm³/mol. The van der Waals surface area contributed by atoms with Crippen molar-refractivity contribution in [3.05, 3.63) is 41.5 Å². The van der Waals surface area contributed by atoms with Crippen LogP contribution in [0.5, 0.6) is 0 Å². The highest BCUT2D eigenvalue weighted by Crippen LogP contribution is 2.26. The number of amides is 1. The van der Waals surface area contributed by atoms with E-state index in [4.69, 9.17) is 0 Å². The number of nitrogens with one attached hydrogen (secondary N) is 3. The zero-order valence-electron chi connectivity index (χ0n) is 12.3. The molecule has 6 heteroatoms. The number of nitrogens with zero attached hydrogens (tertiary/aromatic N) is 2. The number of H-pyrrole nitrogens is 2. The zero-order chi connectivity index (χ0) is 15.1. The van der Waals surface area contributed by atoms with Crippen molar-refractivity contribution in [2.75, 3.05) is 5.32 Å². The Kier molecular flexibility index (Phi) is 2.96. The number of aryl methyl sites for hydroxylation is 1. The van der Waals surface area contributed by atoms with Gasteiger partial charge in [-0.15, -0.1) is 0 Å². The molecule has 1 amide bonds. The minimum Gasteiger partial charge on any atom is -0.346 e. The Hall–Kier alpha value is -2.63. The van der Waals surface area contributed by atoms with E-state index in [0.717, 1.165) is 41.6 Å². The van der Waals surface area contributed by atoms with Crippen LogP contribution in [0.1, 0.15) is 35.1 Å². The van der Waals surface area contributed by atoms with Gasteiger partial charge in [0.25, 0.3) is 5.91 Å². The van der Waals surface area contributed by atoms with Crippen molar-refractivity contribution in [1.82, 2.24) is 20.2 Å². The Balaban J connectivity index is 1.61. The molecule has 0 radical (unpaired) electrons. The first-order valence-electron chi connectivity index (χ1n) is 7.51. The number of rotatable bonds is 2. The third kappa shape index (κ3) is 2.16. The number of carbonyl (C=O) groups is 1. The molecule has 1 aliphatic rings. The number of hydrogen-bond donors (Lipinski definition) is 3. The van der Waals surface area contributed by atoms with Crippen molar-refractivity contribution in [2.24, 2.45) is 5.92 Å². The fraction of sp³-hybridized carbons (Fsp3) is 0.312. The van der Waals surface area contributed by atoms with Gasteiger partial charge >= 0.3 is 0 Å². The number of pyridine rings is 1. The Morgan fingerprint density at radius 3 is 3.27 bits per heavy atom. The van der Waals surface area contributed by atoms with Crippen LogP contribution in [0.4, 0.5) is 5.69 Å². The van der Waals surface area contributed by atoms with Gasteiger partial charge in [0.05, 0.1) is 11.9 Å². The third-order valence-electron chi connectivity index (χ3n) is 4.27. The molecule has 1 unspecified atom stereocenters. The number of carbonyl (C=O) groups excluding carboxylic acids is 1. The lowest BCUT2D eigenvalue weighted by molar-refractivity contribution is 0.102. The lowest BCUT2D eigenvalue weighted by atomic mass is 9.87. The number of aromatic nitrogens is 4. The number of fused-ring (bicyclic) bond motifs is 2. The summed E-state index contributed by atoms with van der Waals surface area (Å²) in [5.74, 6) is 0.415. The van der Waals surface area contributed by atoms with Gasteiger partial charge in [-0.1, -0.05) is 6.92 Å². The van der Waals surface area contributed by atoms with Gasteiger partial charge in [-0.2, -0.15) is 5.10 Å². The molecule has 4 rings (SSSR count). The second kappa shape index (κ2) is 4.98. The predicted octanol–water partition coefficient (Wildman–Crippen LogP) is 2.66. The highest BCUT2D eigenvalue weighted by Gasteiger charge is 2.24. The molecule has 3 N–H and O–H groups in total. The van der Waals surface area contributed by atoms with Gasteiger partial charge < -0.3 is 10.3 Å². The van der Waals surface area contributed by atoms with Crippen molar-refractivity contribution < 1.29 is 4.79 Å². The fourth-order valence-corrected chi connectivity index (χ4v) is 3.06. The van der Waals surface area contributed by atoms with Crippen LogP contribution < -0.4 is 5.32 Å². The van der Waals surface area contributed by atoms with Gasteiger partial charge in [0.1, 0.15) is 5.65 Å². The maximum atomic E-state index is 12.5. The first kappa shape index (κ1) is 13.1. The highest BCUT2D eigenvalue weighted by molar-refractivity contribution is 6.04. The molecule has 0 aromatic carbocycles. The smallest absolute Gasteiger partial charge is 0.276 e. The van der Waals surface area contributed by atoms with Crippen molar-refractivity contribution in [3.8, 4) is 0 Å². The molecule has 0 bridgehead atoms. The average molecular weight is 295 g/mol. The Morgan fingerprint density at radius 1 is 1.45 bits per heavy atom. The van der Waals surface area contributed by atoms with Crippen LogP contribution in [0.2, 0.25) is 0 Å². The van der Waals surface area contributed by atoms with Crippen LogP contribution in [0.25, 0.3) is 11.0 Å². The van der Waals surface area contributed by atoms with Gasteiger partial charge in [-0.3, -0.25) is 9.89 Å². The molecule has 1 atom stereocenters. The highest BCUT2D eigenvalue weighted by atomic mass is 16.1. The Morgan fingerprint density at radius 2 is 2.36 bits per heavy atom. The molecule has 3 aromatic heterocycles. The Labute approximate surface area is 127 Å². The largest absolute Gasteiger partial charge is 0.346 e.